The van der Waals surface area contributed by atoms with Crippen LogP contribution in [0.25, 0.3) is 6.08 Å². The van der Waals surface area contributed by atoms with E-state index in [2.05, 4.69) is 20.9 Å². The van der Waals surface area contributed by atoms with Crippen LogP contribution in [0.15, 0.2) is 59.6 Å². The third-order valence-corrected chi connectivity index (χ3v) is 5.29. The summed E-state index contributed by atoms with van der Waals surface area (Å²) in [7, 11) is 1.54. The standard InChI is InChI=1S/C22H19N5O5S/c1-31-18-5-3-2-4-17(18)23-20(28)12-27-11-15(25-26-27)13-32-16-8-6-14(7-9-16)10-19-21(29)24-22(30)33-19/h2-11H,12-13H2,1H3,(H,23,28)(H,24,29,30). The molecule has 2 N–H and O–H groups in total. The van der Waals surface area contributed by atoms with Crippen LogP contribution >= 0.6 is 11.8 Å². The number of hydrogen-bond donors (Lipinski definition) is 2. The highest BCUT2D eigenvalue weighted by Crippen LogP contribution is 2.26. The van der Waals surface area contributed by atoms with E-state index in [1.807, 2.05) is 6.07 Å². The Labute approximate surface area is 192 Å². The first-order valence-electron chi connectivity index (χ1n) is 9.80. The van der Waals surface area contributed by atoms with Crippen molar-refractivity contribution in [2.75, 3.05) is 12.4 Å². The van der Waals surface area contributed by atoms with Crippen LogP contribution in [0.5, 0.6) is 11.5 Å². The Morgan fingerprint density at radius 2 is 1.97 bits per heavy atom. The first-order chi connectivity index (χ1) is 16.0. The molecule has 4 rings (SSSR count). The van der Waals surface area contributed by atoms with E-state index in [1.54, 1.807) is 54.7 Å². The van der Waals surface area contributed by atoms with Crippen molar-refractivity contribution >= 4 is 40.6 Å². The summed E-state index contributed by atoms with van der Waals surface area (Å²) in [6, 6.07) is 14.2. The Morgan fingerprint density at radius 1 is 1.18 bits per heavy atom. The third kappa shape index (κ3) is 5.77. The zero-order valence-electron chi connectivity index (χ0n) is 17.5. The van der Waals surface area contributed by atoms with Crippen LogP contribution < -0.4 is 20.1 Å². The topological polar surface area (TPSA) is 124 Å². The summed E-state index contributed by atoms with van der Waals surface area (Å²) in [6.45, 7) is 0.157. The zero-order chi connectivity index (χ0) is 23.2. The molecular weight excluding hydrogens is 446 g/mol. The summed E-state index contributed by atoms with van der Waals surface area (Å²) in [5, 5.41) is 12.6. The van der Waals surface area contributed by atoms with Crippen molar-refractivity contribution in [1.29, 1.82) is 0 Å². The molecule has 10 nitrogen and oxygen atoms in total. The minimum absolute atomic E-state index is 0.0114. The first kappa shape index (κ1) is 22.1. The second-order valence-electron chi connectivity index (χ2n) is 6.87. The van der Waals surface area contributed by atoms with Crippen LogP contribution in [-0.2, 0) is 22.7 Å². The molecule has 0 saturated carbocycles. The van der Waals surface area contributed by atoms with Gasteiger partial charge in [-0.3, -0.25) is 19.7 Å². The second kappa shape index (κ2) is 10.0. The minimum atomic E-state index is -0.398. The number of methoxy groups -OCH3 is 1. The smallest absolute Gasteiger partial charge is 0.290 e. The number of amides is 3. The van der Waals surface area contributed by atoms with Gasteiger partial charge in [-0.25, -0.2) is 4.68 Å². The van der Waals surface area contributed by atoms with Gasteiger partial charge in [0.25, 0.3) is 11.1 Å². The molecule has 1 aromatic heterocycles. The quantitative estimate of drug-likeness (QED) is 0.487. The molecule has 168 valence electrons. The molecule has 0 spiro atoms. The van der Waals surface area contributed by atoms with Crippen molar-refractivity contribution < 1.29 is 23.9 Å². The number of nitrogens with zero attached hydrogens (tertiary/aromatic N) is 3. The van der Waals surface area contributed by atoms with Gasteiger partial charge in [0.1, 0.15) is 30.3 Å². The summed E-state index contributed by atoms with van der Waals surface area (Å²) in [5.41, 5.74) is 1.90. The highest BCUT2D eigenvalue weighted by atomic mass is 32.2. The molecule has 0 aliphatic carbocycles. The van der Waals surface area contributed by atoms with Gasteiger partial charge in [-0.05, 0) is 47.7 Å². The highest BCUT2D eigenvalue weighted by molar-refractivity contribution is 8.18. The van der Waals surface area contributed by atoms with E-state index in [0.717, 1.165) is 17.3 Å². The number of thioether (sulfide) groups is 1. The normalized spacial score (nSPS) is 14.3. The van der Waals surface area contributed by atoms with Gasteiger partial charge in [-0.1, -0.05) is 29.5 Å². The van der Waals surface area contributed by atoms with E-state index in [-0.39, 0.29) is 24.3 Å². The lowest BCUT2D eigenvalue weighted by molar-refractivity contribution is -0.117. The van der Waals surface area contributed by atoms with Crippen LogP contribution in [0.3, 0.4) is 0 Å². The van der Waals surface area contributed by atoms with Crippen LogP contribution in [-0.4, -0.2) is 39.2 Å². The number of anilines is 1. The molecule has 1 fully saturated rings. The zero-order valence-corrected chi connectivity index (χ0v) is 18.3. The Bertz CT molecular complexity index is 1220. The molecule has 2 heterocycles. The van der Waals surface area contributed by atoms with E-state index >= 15 is 0 Å². The van der Waals surface area contributed by atoms with Crippen molar-refractivity contribution in [3.05, 3.63) is 70.9 Å². The number of rotatable bonds is 8. The van der Waals surface area contributed by atoms with Gasteiger partial charge < -0.3 is 14.8 Å². The lowest BCUT2D eigenvalue weighted by Gasteiger charge is -2.09. The summed E-state index contributed by atoms with van der Waals surface area (Å²) in [5.74, 6) is 0.502. The molecule has 33 heavy (non-hydrogen) atoms. The van der Waals surface area contributed by atoms with Gasteiger partial charge in [0.2, 0.25) is 5.91 Å². The highest BCUT2D eigenvalue weighted by Gasteiger charge is 2.24. The molecule has 1 aliphatic rings. The van der Waals surface area contributed by atoms with Gasteiger partial charge in [0.05, 0.1) is 23.9 Å². The number of nitrogens with one attached hydrogen (secondary N) is 2. The van der Waals surface area contributed by atoms with Crippen molar-refractivity contribution in [2.45, 2.75) is 13.2 Å². The van der Waals surface area contributed by atoms with Crippen molar-refractivity contribution in [3.8, 4) is 11.5 Å². The number of carbonyl (C=O) groups is 3. The third-order valence-electron chi connectivity index (χ3n) is 4.48. The molecule has 0 radical (unpaired) electrons. The number of para-hydroxylation sites is 2. The van der Waals surface area contributed by atoms with Crippen LogP contribution in [0.1, 0.15) is 11.3 Å². The van der Waals surface area contributed by atoms with E-state index in [1.165, 1.54) is 11.8 Å². The summed E-state index contributed by atoms with van der Waals surface area (Å²) < 4.78 is 12.4. The fourth-order valence-corrected chi connectivity index (χ4v) is 3.64. The monoisotopic (exact) mass is 465 g/mol. The van der Waals surface area contributed by atoms with Crippen LogP contribution in [0.2, 0.25) is 0 Å². The number of imide groups is 1. The lowest BCUT2D eigenvalue weighted by atomic mass is 10.2. The summed E-state index contributed by atoms with van der Waals surface area (Å²) in [6.07, 6.45) is 3.27. The minimum Gasteiger partial charge on any atom is -0.495 e. The Hall–Kier alpha value is -4.12. The van der Waals surface area contributed by atoms with Gasteiger partial charge in [0, 0.05) is 0 Å². The van der Waals surface area contributed by atoms with Crippen LogP contribution in [0, 0.1) is 0 Å². The SMILES string of the molecule is COc1ccccc1NC(=O)Cn1cc(COc2ccc(C=C3SC(=O)NC3=O)cc2)nn1. The lowest BCUT2D eigenvalue weighted by Crippen LogP contribution is -2.19. The molecular formula is C22H19N5O5S. The maximum atomic E-state index is 12.3. The Balaban J connectivity index is 1.29. The maximum absolute atomic E-state index is 12.3. The largest absolute Gasteiger partial charge is 0.495 e. The van der Waals surface area contributed by atoms with E-state index in [0.29, 0.717) is 27.8 Å². The predicted molar refractivity (Wildman–Crippen MR) is 122 cm³/mol. The average molecular weight is 465 g/mol. The van der Waals surface area contributed by atoms with Gasteiger partial charge in [0.15, 0.2) is 0 Å². The van der Waals surface area contributed by atoms with Crippen molar-refractivity contribution in [3.63, 3.8) is 0 Å². The Morgan fingerprint density at radius 3 is 2.70 bits per heavy atom. The fourth-order valence-electron chi connectivity index (χ4n) is 2.96. The molecule has 0 atom stereocenters. The predicted octanol–water partition coefficient (Wildman–Crippen LogP) is 2.83. The van der Waals surface area contributed by atoms with E-state index < -0.39 is 5.91 Å². The van der Waals surface area contributed by atoms with Gasteiger partial charge in [-0.2, -0.15) is 0 Å². The maximum Gasteiger partial charge on any atom is 0.290 e. The molecule has 3 amide bonds. The van der Waals surface area contributed by atoms with Crippen molar-refractivity contribution in [1.82, 2.24) is 20.3 Å². The molecule has 0 bridgehead atoms. The molecule has 3 aromatic rings. The first-order valence-corrected chi connectivity index (χ1v) is 10.6. The Kier molecular flexibility index (Phi) is 6.69. The van der Waals surface area contributed by atoms with Gasteiger partial charge >= 0.3 is 0 Å². The second-order valence-corrected chi connectivity index (χ2v) is 7.88. The van der Waals surface area contributed by atoms with E-state index in [4.69, 9.17) is 9.47 Å². The van der Waals surface area contributed by atoms with Crippen molar-refractivity contribution in [2.24, 2.45) is 0 Å². The summed E-state index contributed by atoms with van der Waals surface area (Å²) >= 11 is 0.867. The summed E-state index contributed by atoms with van der Waals surface area (Å²) in [4.78, 5) is 35.5. The number of aromatic nitrogens is 3. The molecule has 11 heteroatoms. The number of hydrogen-bond acceptors (Lipinski definition) is 8. The van der Waals surface area contributed by atoms with E-state index in [9.17, 15) is 14.4 Å². The molecule has 0 unspecified atom stereocenters. The molecule has 2 aromatic carbocycles. The number of benzene rings is 2. The average Bonchev–Trinajstić information content (AvgIpc) is 3.38. The fraction of sp³-hybridized carbons (Fsp3) is 0.136. The molecule has 1 saturated heterocycles. The molecule has 1 aliphatic heterocycles. The van der Waals surface area contributed by atoms with Crippen LogP contribution in [0.4, 0.5) is 10.5 Å². The van der Waals surface area contributed by atoms with Gasteiger partial charge in [-0.15, -0.1) is 5.10 Å². The number of carbonyl (C=O) groups excluding carboxylic acids is 3. The number of ether oxygens (including phenoxy) is 2.